The summed E-state index contributed by atoms with van der Waals surface area (Å²) in [5.74, 6) is 5.63. The fourth-order valence-electron chi connectivity index (χ4n) is 2.08. The van der Waals surface area contributed by atoms with E-state index in [0.717, 1.165) is 25.0 Å². The van der Waals surface area contributed by atoms with Crippen LogP contribution < -0.4 is 16.6 Å². The molecule has 0 fully saturated rings. The molecule has 0 atom stereocenters. The molecule has 0 aliphatic heterocycles. The first-order valence-electron chi connectivity index (χ1n) is 7.50. The van der Waals surface area contributed by atoms with Gasteiger partial charge < -0.3 is 5.32 Å². The van der Waals surface area contributed by atoms with Crippen molar-refractivity contribution in [2.24, 2.45) is 5.84 Å². The Balaban J connectivity index is 1.78. The van der Waals surface area contributed by atoms with Crippen LogP contribution in [0.2, 0.25) is 0 Å². The van der Waals surface area contributed by atoms with E-state index in [2.05, 4.69) is 40.0 Å². The van der Waals surface area contributed by atoms with Gasteiger partial charge in [0, 0.05) is 18.1 Å². The Labute approximate surface area is 149 Å². The predicted octanol–water partition coefficient (Wildman–Crippen LogP) is 2.75. The standard InChI is InChI=1S/C16H20N4O2S2/c1-11(21)18-15-19-14(10-24-15)7-6-12-2-4-13(5-3-12)8-9-23-16(22)20-17/h2-5,10H,6-9,17H2,1H3,(H,20,22)(H,18,19,21). The van der Waals surface area contributed by atoms with Crippen molar-refractivity contribution in [3.63, 3.8) is 0 Å². The van der Waals surface area contributed by atoms with E-state index in [9.17, 15) is 9.59 Å². The number of hydrogen-bond acceptors (Lipinski definition) is 6. The van der Waals surface area contributed by atoms with Gasteiger partial charge in [-0.1, -0.05) is 36.0 Å². The Morgan fingerprint density at radius 3 is 2.46 bits per heavy atom. The molecule has 1 aromatic heterocycles. The number of hydrogen-bond donors (Lipinski definition) is 3. The fourth-order valence-corrected chi connectivity index (χ4v) is 3.48. The Morgan fingerprint density at radius 1 is 1.17 bits per heavy atom. The lowest BCUT2D eigenvalue weighted by Crippen LogP contribution is -2.26. The molecule has 4 N–H and O–H groups in total. The van der Waals surface area contributed by atoms with Crippen LogP contribution in [0, 0.1) is 0 Å². The molecule has 2 aromatic rings. The van der Waals surface area contributed by atoms with Crippen molar-refractivity contribution < 1.29 is 9.59 Å². The van der Waals surface area contributed by atoms with E-state index >= 15 is 0 Å². The van der Waals surface area contributed by atoms with Crippen molar-refractivity contribution in [2.75, 3.05) is 11.1 Å². The number of carbonyl (C=O) groups excluding carboxylic acids is 2. The molecule has 0 saturated heterocycles. The van der Waals surface area contributed by atoms with Crippen LogP contribution >= 0.6 is 23.1 Å². The largest absolute Gasteiger partial charge is 0.302 e. The van der Waals surface area contributed by atoms with Crippen LogP contribution in [0.25, 0.3) is 0 Å². The lowest BCUT2D eigenvalue weighted by Gasteiger charge is -2.04. The Kier molecular flexibility index (Phi) is 7.23. The van der Waals surface area contributed by atoms with Gasteiger partial charge in [-0.15, -0.1) is 11.3 Å². The fraction of sp³-hybridized carbons (Fsp3) is 0.312. The van der Waals surface area contributed by atoms with Gasteiger partial charge in [-0.25, -0.2) is 10.8 Å². The molecule has 0 aliphatic rings. The average Bonchev–Trinajstić information content (AvgIpc) is 3.00. The number of aryl methyl sites for hydroxylation is 3. The van der Waals surface area contributed by atoms with Gasteiger partial charge in [0.1, 0.15) is 0 Å². The summed E-state index contributed by atoms with van der Waals surface area (Å²) in [6.45, 7) is 1.48. The predicted molar refractivity (Wildman–Crippen MR) is 99.1 cm³/mol. The normalized spacial score (nSPS) is 10.4. The van der Waals surface area contributed by atoms with E-state index in [4.69, 9.17) is 5.84 Å². The van der Waals surface area contributed by atoms with Crippen molar-refractivity contribution in [1.82, 2.24) is 10.4 Å². The number of benzene rings is 1. The maximum Gasteiger partial charge on any atom is 0.292 e. The van der Waals surface area contributed by atoms with Crippen LogP contribution in [0.3, 0.4) is 0 Å². The average molecular weight is 364 g/mol. The van der Waals surface area contributed by atoms with Crippen molar-refractivity contribution in [3.05, 3.63) is 46.5 Å². The van der Waals surface area contributed by atoms with Crippen molar-refractivity contribution in [3.8, 4) is 0 Å². The second-order valence-electron chi connectivity index (χ2n) is 5.17. The van der Waals surface area contributed by atoms with E-state index in [0.29, 0.717) is 10.9 Å². The quantitative estimate of drug-likeness (QED) is 0.399. The van der Waals surface area contributed by atoms with E-state index in [-0.39, 0.29) is 11.1 Å². The molecule has 0 radical (unpaired) electrons. The summed E-state index contributed by atoms with van der Waals surface area (Å²) in [6, 6.07) is 8.37. The molecule has 8 heteroatoms. The summed E-state index contributed by atoms with van der Waals surface area (Å²) in [5.41, 5.74) is 5.51. The molecular weight excluding hydrogens is 344 g/mol. The number of thioether (sulfide) groups is 1. The topological polar surface area (TPSA) is 97.1 Å². The van der Waals surface area contributed by atoms with Crippen LogP contribution in [0.15, 0.2) is 29.6 Å². The molecule has 0 bridgehead atoms. The van der Waals surface area contributed by atoms with Crippen LogP contribution in [0.1, 0.15) is 23.7 Å². The Hall–Kier alpha value is -1.90. The van der Waals surface area contributed by atoms with Crippen molar-refractivity contribution in [2.45, 2.75) is 26.2 Å². The third-order valence-corrected chi connectivity index (χ3v) is 4.86. The van der Waals surface area contributed by atoms with Crippen molar-refractivity contribution >= 4 is 39.4 Å². The first-order valence-corrected chi connectivity index (χ1v) is 9.36. The number of anilines is 1. The highest BCUT2D eigenvalue weighted by molar-refractivity contribution is 8.13. The van der Waals surface area contributed by atoms with E-state index in [1.54, 1.807) is 0 Å². The molecule has 0 spiro atoms. The smallest absolute Gasteiger partial charge is 0.292 e. The lowest BCUT2D eigenvalue weighted by molar-refractivity contribution is -0.114. The Bertz CT molecular complexity index is 686. The number of amides is 2. The van der Waals surface area contributed by atoms with Crippen LogP contribution in [0.4, 0.5) is 9.93 Å². The highest BCUT2D eigenvalue weighted by atomic mass is 32.2. The second-order valence-corrected chi connectivity index (χ2v) is 7.10. The number of rotatable bonds is 7. The summed E-state index contributed by atoms with van der Waals surface area (Å²) in [4.78, 5) is 26.4. The highest BCUT2D eigenvalue weighted by Gasteiger charge is 2.04. The Morgan fingerprint density at radius 2 is 1.83 bits per heavy atom. The lowest BCUT2D eigenvalue weighted by atomic mass is 10.1. The molecule has 1 heterocycles. The number of nitrogens with two attached hydrogens (primary N) is 1. The van der Waals surface area contributed by atoms with E-state index in [1.807, 2.05) is 5.38 Å². The van der Waals surface area contributed by atoms with E-state index < -0.39 is 0 Å². The van der Waals surface area contributed by atoms with Gasteiger partial charge in [-0.2, -0.15) is 0 Å². The third kappa shape index (κ3) is 6.31. The van der Waals surface area contributed by atoms with E-state index in [1.165, 1.54) is 41.1 Å². The number of aromatic nitrogens is 1. The maximum atomic E-state index is 11.0. The second kappa shape index (κ2) is 9.41. The highest BCUT2D eigenvalue weighted by Crippen LogP contribution is 2.17. The number of nitrogens with one attached hydrogen (secondary N) is 2. The third-order valence-electron chi connectivity index (χ3n) is 3.27. The molecule has 0 aliphatic carbocycles. The summed E-state index contributed by atoms with van der Waals surface area (Å²) in [7, 11) is 0. The van der Waals surface area contributed by atoms with Gasteiger partial charge in [0.2, 0.25) is 5.91 Å². The molecule has 24 heavy (non-hydrogen) atoms. The molecule has 1 aromatic carbocycles. The van der Waals surface area contributed by atoms with Gasteiger partial charge >= 0.3 is 0 Å². The van der Waals surface area contributed by atoms with Gasteiger partial charge in [0.05, 0.1) is 5.69 Å². The minimum absolute atomic E-state index is 0.103. The monoisotopic (exact) mass is 364 g/mol. The number of hydrazine groups is 1. The first kappa shape index (κ1) is 18.4. The molecule has 0 saturated carbocycles. The number of nitrogens with zero attached hydrogens (tertiary/aromatic N) is 1. The van der Waals surface area contributed by atoms with Crippen molar-refractivity contribution in [1.29, 1.82) is 0 Å². The van der Waals surface area contributed by atoms with Gasteiger partial charge in [0.15, 0.2) is 5.13 Å². The minimum atomic E-state index is -0.214. The maximum absolute atomic E-state index is 11.0. The van der Waals surface area contributed by atoms with Crippen LogP contribution in [-0.2, 0) is 24.1 Å². The number of thiazole rings is 1. The molecule has 2 amide bonds. The number of carbonyl (C=O) groups is 2. The summed E-state index contributed by atoms with van der Waals surface area (Å²) < 4.78 is 0. The summed E-state index contributed by atoms with van der Waals surface area (Å²) in [6.07, 6.45) is 2.56. The SMILES string of the molecule is CC(=O)Nc1nc(CCc2ccc(CCSC(=O)NN)cc2)cs1. The molecule has 2 rings (SSSR count). The minimum Gasteiger partial charge on any atom is -0.302 e. The molecule has 128 valence electrons. The van der Waals surface area contributed by atoms with Crippen LogP contribution in [0.5, 0.6) is 0 Å². The van der Waals surface area contributed by atoms with Gasteiger partial charge in [-0.05, 0) is 30.4 Å². The molecule has 6 nitrogen and oxygen atoms in total. The molecule has 0 unspecified atom stereocenters. The first-order chi connectivity index (χ1) is 11.6. The summed E-state index contributed by atoms with van der Waals surface area (Å²) in [5, 5.41) is 5.10. The zero-order valence-electron chi connectivity index (χ0n) is 13.4. The molecular formula is C16H20N4O2S2. The summed E-state index contributed by atoms with van der Waals surface area (Å²) >= 11 is 2.62. The zero-order chi connectivity index (χ0) is 17.4. The van der Waals surface area contributed by atoms with Gasteiger partial charge in [-0.3, -0.25) is 15.0 Å². The zero-order valence-corrected chi connectivity index (χ0v) is 15.0. The van der Waals surface area contributed by atoms with Gasteiger partial charge in [0.25, 0.3) is 5.24 Å². The van der Waals surface area contributed by atoms with Crippen LogP contribution in [-0.4, -0.2) is 21.9 Å².